The summed E-state index contributed by atoms with van der Waals surface area (Å²) in [6.45, 7) is 11.3. The molecule has 0 bridgehead atoms. The van der Waals surface area contributed by atoms with Crippen LogP contribution in [0.2, 0.25) is 5.02 Å². The number of halogens is 1. The number of likely N-dealkylation sites (tertiary alicyclic amines) is 1. The van der Waals surface area contributed by atoms with Crippen molar-refractivity contribution in [3.63, 3.8) is 0 Å². The van der Waals surface area contributed by atoms with E-state index < -0.39 is 0 Å². The van der Waals surface area contributed by atoms with Crippen LogP contribution in [0.3, 0.4) is 0 Å². The number of nitrogens with one attached hydrogen (secondary N) is 2. The molecule has 0 radical (unpaired) electrons. The third-order valence-corrected chi connectivity index (χ3v) is 9.44. The minimum atomic E-state index is 0.401. The van der Waals surface area contributed by atoms with Crippen LogP contribution in [-0.2, 0) is 6.42 Å². The van der Waals surface area contributed by atoms with Gasteiger partial charge >= 0.3 is 0 Å². The maximum absolute atomic E-state index is 6.59. The Balaban J connectivity index is 1.25. The third-order valence-electron chi connectivity index (χ3n) is 8.43. The summed E-state index contributed by atoms with van der Waals surface area (Å²) < 4.78 is 7.89. The summed E-state index contributed by atoms with van der Waals surface area (Å²) in [5, 5.41) is 7.19. The summed E-state index contributed by atoms with van der Waals surface area (Å²) in [5.74, 6) is 1.63. The molecule has 0 atom stereocenters. The van der Waals surface area contributed by atoms with Crippen molar-refractivity contribution >= 4 is 69.1 Å². The van der Waals surface area contributed by atoms with Crippen LogP contribution in [0.4, 0.5) is 34.5 Å². The van der Waals surface area contributed by atoms with E-state index >= 15 is 0 Å². The number of nitrogens with zero attached hydrogens (tertiary/aromatic N) is 7. The molecule has 2 aliphatic rings. The van der Waals surface area contributed by atoms with E-state index in [1.807, 2.05) is 29.7 Å². The molecule has 6 rings (SSSR count). The van der Waals surface area contributed by atoms with Crippen LogP contribution in [0.1, 0.15) is 26.3 Å². The fourth-order valence-electron chi connectivity index (χ4n) is 6.07. The van der Waals surface area contributed by atoms with Gasteiger partial charge in [-0.25, -0.2) is 4.98 Å². The van der Waals surface area contributed by atoms with E-state index in [-0.39, 0.29) is 0 Å². The number of benzene rings is 2. The molecule has 226 valence electrons. The standard InChI is InChI=1S/C31H38ClN9OS/c1-7-20-12-24(26(42-5)13-25(20)41-17-31(18-41)15-40(16-31)19(2)3)37-30-35-14-21(32)29(38-30)36-23-9-8-22-27(34-11-10-33-22)28(23)39(4)43-6/h8-14,19H,7,15-18H2,1-6H3,(H2,35,36,37,38). The largest absolute Gasteiger partial charge is 0.494 e. The van der Waals surface area contributed by atoms with Crippen molar-refractivity contribution in [2.75, 3.05) is 66.4 Å². The van der Waals surface area contributed by atoms with Crippen molar-refractivity contribution < 1.29 is 4.74 Å². The number of rotatable bonds is 10. The number of hydrogen-bond acceptors (Lipinski definition) is 11. The fraction of sp³-hybridized carbons (Fsp3) is 0.419. The van der Waals surface area contributed by atoms with Gasteiger partial charge in [-0.3, -0.25) is 14.9 Å². The lowest BCUT2D eigenvalue weighted by molar-refractivity contribution is -0.0412. The molecule has 0 aliphatic carbocycles. The number of hydrogen-bond donors (Lipinski definition) is 2. The van der Waals surface area contributed by atoms with Crippen LogP contribution in [-0.4, -0.2) is 77.5 Å². The first-order valence-corrected chi connectivity index (χ1v) is 16.1. The Morgan fingerprint density at radius 2 is 1.84 bits per heavy atom. The lowest BCUT2D eigenvalue weighted by atomic mass is 9.72. The summed E-state index contributed by atoms with van der Waals surface area (Å²) in [6, 6.07) is 8.80. The van der Waals surface area contributed by atoms with Gasteiger partial charge in [0, 0.05) is 75.1 Å². The second-order valence-electron chi connectivity index (χ2n) is 11.6. The molecule has 43 heavy (non-hydrogen) atoms. The number of aromatic nitrogens is 4. The zero-order valence-electron chi connectivity index (χ0n) is 25.5. The highest BCUT2D eigenvalue weighted by atomic mass is 35.5. The highest BCUT2D eigenvalue weighted by Crippen LogP contribution is 2.46. The van der Waals surface area contributed by atoms with Gasteiger partial charge < -0.3 is 24.6 Å². The van der Waals surface area contributed by atoms with Gasteiger partial charge in [-0.1, -0.05) is 30.5 Å². The highest BCUT2D eigenvalue weighted by molar-refractivity contribution is 7.99. The average Bonchev–Trinajstić information content (AvgIpc) is 2.97. The number of fused-ring (bicyclic) bond motifs is 1. The molecule has 2 aromatic carbocycles. The van der Waals surface area contributed by atoms with E-state index in [0.717, 1.165) is 53.4 Å². The second kappa shape index (κ2) is 11.9. The van der Waals surface area contributed by atoms with E-state index in [9.17, 15) is 0 Å². The lowest BCUT2D eigenvalue weighted by Gasteiger charge is -2.62. The average molecular weight is 620 g/mol. The summed E-state index contributed by atoms with van der Waals surface area (Å²) in [4.78, 5) is 23.3. The predicted molar refractivity (Wildman–Crippen MR) is 179 cm³/mol. The Labute approximate surface area is 262 Å². The van der Waals surface area contributed by atoms with Gasteiger partial charge in [-0.2, -0.15) is 4.98 Å². The second-order valence-corrected chi connectivity index (χ2v) is 12.9. The molecular weight excluding hydrogens is 582 g/mol. The van der Waals surface area contributed by atoms with Crippen molar-refractivity contribution in [1.82, 2.24) is 24.8 Å². The van der Waals surface area contributed by atoms with Gasteiger partial charge in [0.05, 0.1) is 35.9 Å². The van der Waals surface area contributed by atoms with Crippen LogP contribution in [0, 0.1) is 5.41 Å². The summed E-state index contributed by atoms with van der Waals surface area (Å²) >= 11 is 8.16. The summed E-state index contributed by atoms with van der Waals surface area (Å²) in [5.41, 5.74) is 7.02. The molecule has 2 saturated heterocycles. The number of anilines is 6. The zero-order valence-corrected chi connectivity index (χ0v) is 27.1. The first-order valence-electron chi connectivity index (χ1n) is 14.5. The molecule has 1 spiro atoms. The molecule has 2 fully saturated rings. The molecule has 10 nitrogen and oxygen atoms in total. The maximum atomic E-state index is 6.59. The molecule has 12 heteroatoms. The van der Waals surface area contributed by atoms with Gasteiger partial charge in [0.25, 0.3) is 0 Å². The quantitative estimate of drug-likeness (QED) is 0.194. The summed E-state index contributed by atoms with van der Waals surface area (Å²) in [6.07, 6.45) is 7.89. The van der Waals surface area contributed by atoms with Crippen LogP contribution < -0.4 is 24.6 Å². The minimum absolute atomic E-state index is 0.401. The molecule has 4 aromatic rings. The van der Waals surface area contributed by atoms with Crippen molar-refractivity contribution in [3.8, 4) is 5.75 Å². The monoisotopic (exact) mass is 619 g/mol. The Morgan fingerprint density at radius 3 is 2.53 bits per heavy atom. The van der Waals surface area contributed by atoms with E-state index in [1.54, 1.807) is 37.6 Å². The number of ether oxygens (including phenoxy) is 1. The van der Waals surface area contributed by atoms with Gasteiger partial charge in [-0.05, 0) is 44.0 Å². The maximum Gasteiger partial charge on any atom is 0.229 e. The smallest absolute Gasteiger partial charge is 0.229 e. The van der Waals surface area contributed by atoms with Crippen LogP contribution >= 0.6 is 23.5 Å². The van der Waals surface area contributed by atoms with Gasteiger partial charge in [-0.15, -0.1) is 0 Å². The summed E-state index contributed by atoms with van der Waals surface area (Å²) in [7, 11) is 3.68. The van der Waals surface area contributed by atoms with Gasteiger partial charge in [0.1, 0.15) is 16.3 Å². The van der Waals surface area contributed by atoms with E-state index in [2.05, 4.69) is 68.3 Å². The Kier molecular flexibility index (Phi) is 8.14. The van der Waals surface area contributed by atoms with Crippen molar-refractivity contribution in [1.29, 1.82) is 0 Å². The molecular formula is C31H38ClN9OS. The predicted octanol–water partition coefficient (Wildman–Crippen LogP) is 6.38. The molecule has 2 aromatic heterocycles. The van der Waals surface area contributed by atoms with E-state index in [1.165, 1.54) is 24.3 Å². The molecule has 2 N–H and O–H groups in total. The van der Waals surface area contributed by atoms with E-state index in [0.29, 0.717) is 28.2 Å². The van der Waals surface area contributed by atoms with Crippen LogP contribution in [0.25, 0.3) is 11.0 Å². The lowest BCUT2D eigenvalue weighted by Crippen LogP contribution is -2.73. The number of aryl methyl sites for hydroxylation is 1. The fourth-order valence-corrected chi connectivity index (χ4v) is 6.57. The topological polar surface area (TPSA) is 94.6 Å². The van der Waals surface area contributed by atoms with Crippen LogP contribution in [0.5, 0.6) is 5.75 Å². The number of methoxy groups -OCH3 is 1. The van der Waals surface area contributed by atoms with Crippen molar-refractivity contribution in [3.05, 3.63) is 53.4 Å². The molecule has 0 amide bonds. The Hall–Kier alpha value is -3.54. The first kappa shape index (κ1) is 29.5. The normalized spacial score (nSPS) is 15.9. The molecule has 0 saturated carbocycles. The van der Waals surface area contributed by atoms with Crippen molar-refractivity contribution in [2.45, 2.75) is 33.2 Å². The van der Waals surface area contributed by atoms with Gasteiger partial charge in [0.2, 0.25) is 5.95 Å². The molecule has 0 unspecified atom stereocenters. The molecule has 2 aliphatic heterocycles. The third kappa shape index (κ3) is 5.61. The first-order chi connectivity index (χ1) is 20.7. The van der Waals surface area contributed by atoms with Crippen molar-refractivity contribution in [2.24, 2.45) is 5.41 Å². The Bertz CT molecular complexity index is 1640. The van der Waals surface area contributed by atoms with Crippen LogP contribution in [0.15, 0.2) is 42.9 Å². The van der Waals surface area contributed by atoms with E-state index in [4.69, 9.17) is 21.3 Å². The van der Waals surface area contributed by atoms with Gasteiger partial charge in [0.15, 0.2) is 5.82 Å². The zero-order chi connectivity index (χ0) is 30.3. The Morgan fingerprint density at radius 1 is 1.07 bits per heavy atom. The highest BCUT2D eigenvalue weighted by Gasteiger charge is 2.52. The SMILES string of the molecule is CCc1cc(Nc2ncc(Cl)c(Nc3ccc4nccnc4c3N(C)SC)n2)c(OC)cc1N1CC2(C1)CN(C(C)C)C2. The molecule has 4 heterocycles. The minimum Gasteiger partial charge on any atom is -0.494 e.